The van der Waals surface area contributed by atoms with Gasteiger partial charge in [-0.3, -0.25) is 4.90 Å². The van der Waals surface area contributed by atoms with Crippen LogP contribution in [0.3, 0.4) is 0 Å². The Balaban J connectivity index is 0.00000256. The van der Waals surface area contributed by atoms with Gasteiger partial charge in [0.2, 0.25) is 0 Å². The Morgan fingerprint density at radius 2 is 1.53 bits per heavy atom. The number of anilines is 1. The van der Waals surface area contributed by atoms with Gasteiger partial charge in [0.1, 0.15) is 18.1 Å². The molecule has 1 unspecified atom stereocenters. The Hall–Kier alpha value is -1.70. The van der Waals surface area contributed by atoms with E-state index in [1.807, 2.05) is 44.2 Å². The van der Waals surface area contributed by atoms with Crippen LogP contribution in [0.1, 0.15) is 11.1 Å². The third-order valence-electron chi connectivity index (χ3n) is 5.47. The molecule has 0 amide bonds. The van der Waals surface area contributed by atoms with Crippen molar-refractivity contribution in [1.82, 2.24) is 4.90 Å². The lowest BCUT2D eigenvalue weighted by molar-refractivity contribution is 0.00707. The van der Waals surface area contributed by atoms with Gasteiger partial charge in [-0.2, -0.15) is 0 Å². The minimum Gasteiger partial charge on any atom is -0.497 e. The van der Waals surface area contributed by atoms with E-state index < -0.39 is 6.10 Å². The molecule has 1 saturated heterocycles. The summed E-state index contributed by atoms with van der Waals surface area (Å²) in [6.45, 7) is 9.76. The predicted octanol–water partition coefficient (Wildman–Crippen LogP) is 3.73. The third kappa shape index (κ3) is 8.34. The number of rotatable bonds is 10. The Morgan fingerprint density at radius 1 is 0.906 bits per heavy atom. The van der Waals surface area contributed by atoms with Gasteiger partial charge in [0.15, 0.2) is 0 Å². The molecule has 1 aliphatic heterocycles. The SMILES string of the molecule is COc1ccc(N2CCN(CC(O)COCCOc3c(C)cccc3C)CC2)cc1.Cl.Cl. The maximum atomic E-state index is 10.3. The summed E-state index contributed by atoms with van der Waals surface area (Å²) in [6, 6.07) is 14.3. The minimum absolute atomic E-state index is 0. The smallest absolute Gasteiger partial charge is 0.125 e. The summed E-state index contributed by atoms with van der Waals surface area (Å²) in [5, 5.41) is 10.3. The van der Waals surface area contributed by atoms with E-state index in [1.165, 1.54) is 5.69 Å². The van der Waals surface area contributed by atoms with E-state index >= 15 is 0 Å². The summed E-state index contributed by atoms with van der Waals surface area (Å²) < 4.78 is 16.7. The van der Waals surface area contributed by atoms with Crippen LogP contribution in [0.2, 0.25) is 0 Å². The summed E-state index contributed by atoms with van der Waals surface area (Å²) in [5.74, 6) is 1.80. The molecule has 0 radical (unpaired) electrons. The topological polar surface area (TPSA) is 54.4 Å². The van der Waals surface area contributed by atoms with E-state index in [1.54, 1.807) is 7.11 Å². The number of aryl methyl sites for hydroxylation is 2. The Bertz CT molecular complexity index is 764. The van der Waals surface area contributed by atoms with E-state index in [4.69, 9.17) is 14.2 Å². The van der Waals surface area contributed by atoms with Crippen molar-refractivity contribution in [2.75, 3.05) is 64.6 Å². The van der Waals surface area contributed by atoms with Gasteiger partial charge in [-0.25, -0.2) is 0 Å². The van der Waals surface area contributed by atoms with Crippen LogP contribution < -0.4 is 14.4 Å². The number of aliphatic hydroxyl groups excluding tert-OH is 1. The largest absolute Gasteiger partial charge is 0.497 e. The normalized spacial score (nSPS) is 14.8. The fourth-order valence-electron chi connectivity index (χ4n) is 3.78. The molecule has 2 aromatic carbocycles. The van der Waals surface area contributed by atoms with Crippen LogP contribution in [-0.4, -0.2) is 75.8 Å². The van der Waals surface area contributed by atoms with Crippen molar-refractivity contribution >= 4 is 30.5 Å². The Labute approximate surface area is 204 Å². The van der Waals surface area contributed by atoms with Gasteiger partial charge in [-0.15, -0.1) is 24.8 Å². The van der Waals surface area contributed by atoms with E-state index in [2.05, 4.69) is 21.9 Å². The molecule has 0 aromatic heterocycles. The molecule has 180 valence electrons. The molecular formula is C24H36Cl2N2O4. The number of hydrogen-bond donors (Lipinski definition) is 1. The maximum Gasteiger partial charge on any atom is 0.125 e. The number of methoxy groups -OCH3 is 1. The van der Waals surface area contributed by atoms with Gasteiger partial charge >= 0.3 is 0 Å². The van der Waals surface area contributed by atoms with Crippen LogP contribution in [0.5, 0.6) is 11.5 Å². The standard InChI is InChI=1S/C24H34N2O4.2ClH/c1-19-5-4-6-20(2)24(19)30-16-15-29-18-22(27)17-25-11-13-26(14-12-25)21-7-9-23(28-3)10-8-21;;/h4-10,22,27H,11-18H2,1-3H3;2*1H. The molecule has 8 heteroatoms. The van der Waals surface area contributed by atoms with Crippen LogP contribution in [0, 0.1) is 13.8 Å². The number of aliphatic hydroxyl groups is 1. The molecule has 1 heterocycles. The molecule has 1 N–H and O–H groups in total. The molecule has 2 aromatic rings. The average Bonchev–Trinajstić information content (AvgIpc) is 2.76. The number of halogens is 2. The second kappa shape index (κ2) is 14.4. The van der Waals surface area contributed by atoms with E-state index in [0.717, 1.165) is 48.8 Å². The van der Waals surface area contributed by atoms with Crippen molar-refractivity contribution in [3.63, 3.8) is 0 Å². The number of piperazine rings is 1. The van der Waals surface area contributed by atoms with Crippen LogP contribution in [0.15, 0.2) is 42.5 Å². The summed E-state index contributed by atoms with van der Waals surface area (Å²) >= 11 is 0. The minimum atomic E-state index is -0.488. The third-order valence-corrected chi connectivity index (χ3v) is 5.47. The lowest BCUT2D eigenvalue weighted by Gasteiger charge is -2.36. The first kappa shape index (κ1) is 28.3. The number of β-amino-alcohol motifs (C(OH)–C–C–N with tert-alkyl or cyclic N) is 1. The summed E-state index contributed by atoms with van der Waals surface area (Å²) in [5.41, 5.74) is 3.47. The second-order valence-corrected chi connectivity index (χ2v) is 7.78. The molecule has 1 fully saturated rings. The highest BCUT2D eigenvalue weighted by Crippen LogP contribution is 2.22. The van der Waals surface area contributed by atoms with Crippen molar-refractivity contribution in [2.45, 2.75) is 20.0 Å². The zero-order valence-corrected chi connectivity index (χ0v) is 20.8. The van der Waals surface area contributed by atoms with Gasteiger partial charge in [0.25, 0.3) is 0 Å². The van der Waals surface area contributed by atoms with Gasteiger partial charge in [0, 0.05) is 38.4 Å². The van der Waals surface area contributed by atoms with Gasteiger partial charge in [-0.05, 0) is 49.2 Å². The summed E-state index contributed by atoms with van der Waals surface area (Å²) in [6.07, 6.45) is -0.488. The molecule has 0 spiro atoms. The molecular weight excluding hydrogens is 451 g/mol. The summed E-state index contributed by atoms with van der Waals surface area (Å²) in [4.78, 5) is 4.66. The van der Waals surface area contributed by atoms with Crippen molar-refractivity contribution in [2.24, 2.45) is 0 Å². The monoisotopic (exact) mass is 486 g/mol. The van der Waals surface area contributed by atoms with E-state index in [0.29, 0.717) is 26.4 Å². The number of para-hydroxylation sites is 1. The molecule has 32 heavy (non-hydrogen) atoms. The molecule has 0 saturated carbocycles. The summed E-state index contributed by atoms with van der Waals surface area (Å²) in [7, 11) is 1.68. The van der Waals surface area contributed by atoms with Crippen LogP contribution in [0.25, 0.3) is 0 Å². The molecule has 1 aliphatic rings. The second-order valence-electron chi connectivity index (χ2n) is 7.78. The number of benzene rings is 2. The van der Waals surface area contributed by atoms with Crippen molar-refractivity contribution in [3.05, 3.63) is 53.6 Å². The molecule has 0 bridgehead atoms. The Morgan fingerprint density at radius 3 is 2.12 bits per heavy atom. The quantitative estimate of drug-likeness (QED) is 0.516. The highest BCUT2D eigenvalue weighted by atomic mass is 35.5. The number of nitrogens with zero attached hydrogens (tertiary/aromatic N) is 2. The van der Waals surface area contributed by atoms with Crippen molar-refractivity contribution < 1.29 is 19.3 Å². The number of ether oxygens (including phenoxy) is 3. The zero-order valence-electron chi connectivity index (χ0n) is 19.2. The predicted molar refractivity (Wildman–Crippen MR) is 134 cm³/mol. The first-order valence-electron chi connectivity index (χ1n) is 10.6. The first-order chi connectivity index (χ1) is 14.6. The first-order valence-corrected chi connectivity index (χ1v) is 10.6. The highest BCUT2D eigenvalue weighted by Gasteiger charge is 2.19. The molecule has 6 nitrogen and oxygen atoms in total. The highest BCUT2D eigenvalue weighted by molar-refractivity contribution is 5.85. The fourth-order valence-corrected chi connectivity index (χ4v) is 3.78. The lowest BCUT2D eigenvalue weighted by atomic mass is 10.1. The van der Waals surface area contributed by atoms with E-state index in [9.17, 15) is 5.11 Å². The van der Waals surface area contributed by atoms with Gasteiger partial charge < -0.3 is 24.2 Å². The van der Waals surface area contributed by atoms with E-state index in [-0.39, 0.29) is 24.8 Å². The van der Waals surface area contributed by atoms with Gasteiger partial charge in [0.05, 0.1) is 26.4 Å². The average molecular weight is 487 g/mol. The Kier molecular flexibility index (Phi) is 12.8. The molecule has 0 aliphatic carbocycles. The lowest BCUT2D eigenvalue weighted by Crippen LogP contribution is -2.49. The van der Waals surface area contributed by atoms with Crippen LogP contribution in [-0.2, 0) is 4.74 Å². The maximum absolute atomic E-state index is 10.3. The number of hydrogen-bond acceptors (Lipinski definition) is 6. The van der Waals surface area contributed by atoms with Crippen LogP contribution in [0.4, 0.5) is 5.69 Å². The van der Waals surface area contributed by atoms with Crippen molar-refractivity contribution in [1.29, 1.82) is 0 Å². The van der Waals surface area contributed by atoms with Gasteiger partial charge in [-0.1, -0.05) is 18.2 Å². The zero-order chi connectivity index (χ0) is 21.3. The van der Waals surface area contributed by atoms with Crippen LogP contribution >= 0.6 is 24.8 Å². The molecule has 1 atom stereocenters. The molecule has 3 rings (SSSR count). The fraction of sp³-hybridized carbons (Fsp3) is 0.500. The van der Waals surface area contributed by atoms with Crippen molar-refractivity contribution in [3.8, 4) is 11.5 Å².